The van der Waals surface area contributed by atoms with Gasteiger partial charge in [0.15, 0.2) is 0 Å². The van der Waals surface area contributed by atoms with Gasteiger partial charge in [-0.05, 0) is 80.9 Å². The standard InChI is InChI=1S/C42H25NO/c1-2-12-28-27(11-1)29-13-3-4-15-31(29)33-22-21-26(23-36(33)32-16-6-5-14-30(28)32)43-39-19-9-7-17-34(39)37-25-42-38(24-40(37)43)35-18-8-10-20-41(35)44-42/h1-25H. The molecule has 204 valence electrons. The third-order valence-corrected chi connectivity index (χ3v) is 9.37. The van der Waals surface area contributed by atoms with Gasteiger partial charge in [-0.25, -0.2) is 0 Å². The number of fused-ring (bicyclic) bond motifs is 14. The second kappa shape index (κ2) is 8.82. The minimum atomic E-state index is 0.919. The first-order valence-corrected chi connectivity index (χ1v) is 15.1. The summed E-state index contributed by atoms with van der Waals surface area (Å²) in [6, 6.07) is 55.0. The molecule has 0 saturated carbocycles. The van der Waals surface area contributed by atoms with E-state index >= 15 is 0 Å². The molecule has 9 aromatic rings. The Morgan fingerprint density at radius 2 is 0.841 bits per heavy atom. The van der Waals surface area contributed by atoms with Crippen molar-refractivity contribution in [1.82, 2.24) is 4.57 Å². The smallest absolute Gasteiger partial charge is 0.136 e. The maximum absolute atomic E-state index is 6.32. The highest BCUT2D eigenvalue weighted by Gasteiger charge is 2.23. The topological polar surface area (TPSA) is 18.1 Å². The Bertz CT molecular complexity index is 2610. The molecule has 2 heterocycles. The molecule has 0 saturated heterocycles. The van der Waals surface area contributed by atoms with Crippen LogP contribution < -0.4 is 0 Å². The molecule has 1 aliphatic carbocycles. The van der Waals surface area contributed by atoms with Gasteiger partial charge in [0, 0.05) is 27.2 Å². The van der Waals surface area contributed by atoms with Gasteiger partial charge in [-0.1, -0.05) is 115 Å². The third-order valence-electron chi connectivity index (χ3n) is 9.37. The fourth-order valence-corrected chi connectivity index (χ4v) is 7.45. The van der Waals surface area contributed by atoms with Crippen LogP contribution in [0.5, 0.6) is 0 Å². The summed E-state index contributed by atoms with van der Waals surface area (Å²) in [5, 5.41) is 4.69. The lowest BCUT2D eigenvalue weighted by Gasteiger charge is -2.23. The molecule has 0 radical (unpaired) electrons. The van der Waals surface area contributed by atoms with Crippen molar-refractivity contribution in [3.05, 3.63) is 152 Å². The van der Waals surface area contributed by atoms with Crippen LogP contribution in [0.15, 0.2) is 156 Å². The predicted octanol–water partition coefficient (Wildman–Crippen LogP) is 11.7. The van der Waals surface area contributed by atoms with Crippen LogP contribution in [0.1, 0.15) is 0 Å². The summed E-state index contributed by atoms with van der Waals surface area (Å²) in [7, 11) is 0. The molecule has 0 bridgehead atoms. The summed E-state index contributed by atoms with van der Waals surface area (Å²) in [5.41, 5.74) is 15.4. The van der Waals surface area contributed by atoms with Crippen molar-refractivity contribution in [1.29, 1.82) is 0 Å². The molecule has 1 aliphatic rings. The quantitative estimate of drug-likeness (QED) is 0.196. The Kier molecular flexibility index (Phi) is 4.75. The van der Waals surface area contributed by atoms with Gasteiger partial charge in [-0.3, -0.25) is 0 Å². The highest BCUT2D eigenvalue weighted by molar-refractivity contribution is 6.17. The highest BCUT2D eigenvalue weighted by Crippen LogP contribution is 2.48. The van der Waals surface area contributed by atoms with Gasteiger partial charge in [-0.15, -0.1) is 0 Å². The van der Waals surface area contributed by atoms with Crippen molar-refractivity contribution in [2.24, 2.45) is 0 Å². The lowest BCUT2D eigenvalue weighted by Crippen LogP contribution is -1.99. The van der Waals surface area contributed by atoms with Crippen molar-refractivity contribution in [3.8, 4) is 50.2 Å². The minimum Gasteiger partial charge on any atom is -0.456 e. The van der Waals surface area contributed by atoms with Crippen LogP contribution in [0.4, 0.5) is 0 Å². The molecule has 0 amide bonds. The Morgan fingerprint density at radius 1 is 0.318 bits per heavy atom. The average molecular weight is 560 g/mol. The summed E-state index contributed by atoms with van der Waals surface area (Å²) >= 11 is 0. The van der Waals surface area contributed by atoms with E-state index in [1.807, 2.05) is 6.07 Å². The van der Waals surface area contributed by atoms with Crippen molar-refractivity contribution in [2.75, 3.05) is 0 Å². The number of aromatic nitrogens is 1. The first-order chi connectivity index (χ1) is 21.8. The zero-order valence-corrected chi connectivity index (χ0v) is 23.8. The van der Waals surface area contributed by atoms with E-state index in [-0.39, 0.29) is 0 Å². The monoisotopic (exact) mass is 559 g/mol. The van der Waals surface area contributed by atoms with Crippen molar-refractivity contribution >= 4 is 43.7 Å². The van der Waals surface area contributed by atoms with Gasteiger partial charge in [0.05, 0.1) is 11.0 Å². The van der Waals surface area contributed by atoms with Crippen LogP contribution in [0, 0.1) is 0 Å². The summed E-state index contributed by atoms with van der Waals surface area (Å²) in [6.07, 6.45) is 0. The van der Waals surface area contributed by atoms with E-state index in [9.17, 15) is 0 Å². The molecule has 2 aromatic heterocycles. The van der Waals surface area contributed by atoms with Gasteiger partial charge in [0.25, 0.3) is 0 Å². The van der Waals surface area contributed by atoms with Crippen molar-refractivity contribution in [3.63, 3.8) is 0 Å². The van der Waals surface area contributed by atoms with Gasteiger partial charge >= 0.3 is 0 Å². The molecule has 0 aliphatic heterocycles. The Balaban J connectivity index is 1.32. The van der Waals surface area contributed by atoms with Gasteiger partial charge in [0.2, 0.25) is 0 Å². The molecule has 44 heavy (non-hydrogen) atoms. The zero-order valence-electron chi connectivity index (χ0n) is 23.8. The molecule has 2 heteroatoms. The molecular weight excluding hydrogens is 534 g/mol. The second-order valence-corrected chi connectivity index (χ2v) is 11.7. The van der Waals surface area contributed by atoms with Crippen LogP contribution in [-0.2, 0) is 0 Å². The molecule has 7 aromatic carbocycles. The first-order valence-electron chi connectivity index (χ1n) is 15.1. The summed E-state index contributed by atoms with van der Waals surface area (Å²) in [4.78, 5) is 0. The van der Waals surface area contributed by atoms with Gasteiger partial charge in [0.1, 0.15) is 11.2 Å². The number of hydrogen-bond donors (Lipinski definition) is 0. The Labute approximate surface area is 254 Å². The van der Waals surface area contributed by atoms with E-state index in [1.165, 1.54) is 66.3 Å². The Hall–Kier alpha value is -5.86. The molecular formula is C42H25NO. The summed E-state index contributed by atoms with van der Waals surface area (Å²) in [6.45, 7) is 0. The van der Waals surface area contributed by atoms with Crippen LogP contribution in [0.3, 0.4) is 0 Å². The van der Waals surface area contributed by atoms with Gasteiger partial charge < -0.3 is 8.98 Å². The van der Waals surface area contributed by atoms with Gasteiger partial charge in [-0.2, -0.15) is 0 Å². The lowest BCUT2D eigenvalue weighted by atomic mass is 9.81. The van der Waals surface area contributed by atoms with E-state index in [0.29, 0.717) is 0 Å². The molecule has 0 atom stereocenters. The fourth-order valence-electron chi connectivity index (χ4n) is 7.45. The second-order valence-electron chi connectivity index (χ2n) is 11.7. The molecule has 10 rings (SSSR count). The fraction of sp³-hybridized carbons (Fsp3) is 0. The van der Waals surface area contributed by atoms with E-state index < -0.39 is 0 Å². The molecule has 0 fully saturated rings. The largest absolute Gasteiger partial charge is 0.456 e. The molecule has 2 nitrogen and oxygen atoms in total. The zero-order chi connectivity index (χ0) is 28.8. The van der Waals surface area contributed by atoms with Crippen LogP contribution in [0.2, 0.25) is 0 Å². The Morgan fingerprint density at radius 3 is 1.50 bits per heavy atom. The van der Waals surface area contributed by atoms with E-state index in [2.05, 4.69) is 150 Å². The molecule has 0 N–H and O–H groups in total. The predicted molar refractivity (Wildman–Crippen MR) is 183 cm³/mol. The third kappa shape index (κ3) is 3.20. The number of benzene rings is 7. The number of hydrogen-bond acceptors (Lipinski definition) is 1. The molecule has 0 unspecified atom stereocenters. The number of nitrogens with zero attached hydrogens (tertiary/aromatic N) is 1. The van der Waals surface area contributed by atoms with Crippen molar-refractivity contribution < 1.29 is 4.42 Å². The normalized spacial score (nSPS) is 12.1. The van der Waals surface area contributed by atoms with E-state index in [4.69, 9.17) is 4.42 Å². The summed E-state index contributed by atoms with van der Waals surface area (Å²) in [5.74, 6) is 0. The van der Waals surface area contributed by atoms with Crippen LogP contribution in [0.25, 0.3) is 93.9 Å². The SMILES string of the molecule is c1ccc2c(c1)-c1ccccc1-c1ccc(-n3c4ccccc4c4cc5oc6ccccc6c5cc43)cc1-c1ccccc1-2. The lowest BCUT2D eigenvalue weighted by molar-refractivity contribution is 0.669. The van der Waals surface area contributed by atoms with E-state index in [0.717, 1.165) is 27.6 Å². The molecule has 0 spiro atoms. The maximum Gasteiger partial charge on any atom is 0.136 e. The highest BCUT2D eigenvalue weighted by atomic mass is 16.3. The van der Waals surface area contributed by atoms with Crippen molar-refractivity contribution in [2.45, 2.75) is 0 Å². The number of rotatable bonds is 1. The minimum absolute atomic E-state index is 0.919. The number of para-hydroxylation sites is 2. The van der Waals surface area contributed by atoms with Crippen LogP contribution in [-0.4, -0.2) is 4.57 Å². The first kappa shape index (κ1) is 23.7. The average Bonchev–Trinajstić information content (AvgIpc) is 3.61. The maximum atomic E-state index is 6.32. The summed E-state index contributed by atoms with van der Waals surface area (Å²) < 4.78 is 8.74. The van der Waals surface area contributed by atoms with E-state index in [1.54, 1.807) is 0 Å². The number of furan rings is 1. The van der Waals surface area contributed by atoms with Crippen LogP contribution >= 0.6 is 0 Å².